The molecule has 0 bridgehead atoms. The second kappa shape index (κ2) is 11.2. The molecule has 4 atom stereocenters. The van der Waals surface area contributed by atoms with E-state index in [1.54, 1.807) is 25.1 Å². The highest BCUT2D eigenvalue weighted by Crippen LogP contribution is 2.46. The molecule has 5 rings (SSSR count). The Morgan fingerprint density at radius 3 is 1.73 bits per heavy atom. The van der Waals surface area contributed by atoms with E-state index in [1.807, 2.05) is 68.4 Å². The van der Waals surface area contributed by atoms with Crippen LogP contribution in [0.1, 0.15) is 72.9 Å². The molecule has 41 heavy (non-hydrogen) atoms. The van der Waals surface area contributed by atoms with Crippen LogP contribution in [0.4, 0.5) is 13.2 Å². The van der Waals surface area contributed by atoms with Crippen molar-refractivity contribution in [3.63, 3.8) is 0 Å². The number of benzene rings is 4. The number of rotatable bonds is 5. The summed E-state index contributed by atoms with van der Waals surface area (Å²) in [5.74, 6) is -2.75. The Morgan fingerprint density at radius 2 is 1.10 bits per heavy atom. The number of fused-ring (bicyclic) bond motifs is 1. The third-order valence-corrected chi connectivity index (χ3v) is 7.79. The molecule has 1 aliphatic rings. The largest absolute Gasteiger partial charge is 0.454 e. The minimum Gasteiger partial charge on any atom is -0.454 e. The second-order valence-electron chi connectivity index (χ2n) is 10.3. The highest BCUT2D eigenvalue weighted by molar-refractivity contribution is 5.92. The predicted molar refractivity (Wildman–Crippen MR) is 149 cm³/mol. The molecule has 0 saturated heterocycles. The maximum absolute atomic E-state index is 13.8. The summed E-state index contributed by atoms with van der Waals surface area (Å²) in [7, 11) is 0. The fraction of sp³-hybridized carbons (Fsp3) is 0.235. The number of carbonyl (C=O) groups excluding carboxylic acids is 2. The molecule has 4 aromatic carbocycles. The molecular weight excluding hydrogens is 529 g/mol. The maximum Gasteiger partial charge on any atom is 0.417 e. The van der Waals surface area contributed by atoms with Crippen LogP contribution in [0.3, 0.4) is 0 Å². The van der Waals surface area contributed by atoms with Gasteiger partial charge in [0.1, 0.15) is 6.10 Å². The Labute approximate surface area is 236 Å². The Kier molecular flexibility index (Phi) is 7.72. The molecule has 0 fully saturated rings. The van der Waals surface area contributed by atoms with E-state index >= 15 is 0 Å². The summed E-state index contributed by atoms with van der Waals surface area (Å²) in [4.78, 5) is 27.0. The van der Waals surface area contributed by atoms with Crippen molar-refractivity contribution in [1.82, 2.24) is 0 Å². The molecule has 7 heteroatoms. The van der Waals surface area contributed by atoms with Crippen LogP contribution in [0.25, 0.3) is 0 Å². The van der Waals surface area contributed by atoms with Gasteiger partial charge >= 0.3 is 18.1 Å². The molecule has 0 N–H and O–H groups in total. The Morgan fingerprint density at radius 1 is 0.610 bits per heavy atom. The molecule has 0 spiro atoms. The number of esters is 2. The van der Waals surface area contributed by atoms with Crippen LogP contribution >= 0.6 is 0 Å². The van der Waals surface area contributed by atoms with Gasteiger partial charge in [0.2, 0.25) is 0 Å². The predicted octanol–water partition coefficient (Wildman–Crippen LogP) is 8.02. The van der Waals surface area contributed by atoms with Crippen molar-refractivity contribution in [3.8, 4) is 0 Å². The first-order valence-corrected chi connectivity index (χ1v) is 13.4. The van der Waals surface area contributed by atoms with Gasteiger partial charge in [0, 0.05) is 5.92 Å². The summed E-state index contributed by atoms with van der Waals surface area (Å²) in [5.41, 5.74) is 2.96. The van der Waals surface area contributed by atoms with Crippen molar-refractivity contribution >= 4 is 11.9 Å². The Hall–Kier alpha value is -4.39. The van der Waals surface area contributed by atoms with Crippen LogP contribution in [0.2, 0.25) is 0 Å². The molecule has 0 radical (unpaired) electrons. The van der Waals surface area contributed by atoms with Gasteiger partial charge in [-0.3, -0.25) is 0 Å². The third kappa shape index (κ3) is 5.49. The lowest BCUT2D eigenvalue weighted by Crippen LogP contribution is -2.47. The minimum absolute atomic E-state index is 0.357. The first-order valence-electron chi connectivity index (χ1n) is 13.4. The van der Waals surface area contributed by atoms with Gasteiger partial charge in [-0.1, -0.05) is 85.8 Å². The van der Waals surface area contributed by atoms with Gasteiger partial charge in [0.25, 0.3) is 0 Å². The van der Waals surface area contributed by atoms with Crippen LogP contribution in [-0.2, 0) is 15.7 Å². The summed E-state index contributed by atoms with van der Waals surface area (Å²) in [6.45, 7) is 5.56. The fourth-order valence-electron chi connectivity index (χ4n) is 5.71. The number of aryl methyl sites for hydroxylation is 2. The van der Waals surface area contributed by atoms with Gasteiger partial charge in [0.15, 0.2) is 6.10 Å². The molecule has 1 aliphatic carbocycles. The van der Waals surface area contributed by atoms with Crippen LogP contribution < -0.4 is 0 Å². The third-order valence-electron chi connectivity index (χ3n) is 7.79. The quantitative estimate of drug-likeness (QED) is 0.233. The summed E-state index contributed by atoms with van der Waals surface area (Å²) in [5, 5.41) is 0. The Balaban J connectivity index is 1.64. The lowest BCUT2D eigenvalue weighted by atomic mass is 9.70. The van der Waals surface area contributed by atoms with Crippen molar-refractivity contribution in [2.45, 2.75) is 51.0 Å². The average Bonchev–Trinajstić information content (AvgIpc) is 2.95. The van der Waals surface area contributed by atoms with Crippen molar-refractivity contribution < 1.29 is 32.2 Å². The maximum atomic E-state index is 13.8. The number of halogens is 3. The number of hydrogen-bond acceptors (Lipinski definition) is 4. The van der Waals surface area contributed by atoms with E-state index in [0.29, 0.717) is 11.1 Å². The Bertz CT molecular complexity index is 1590. The summed E-state index contributed by atoms with van der Waals surface area (Å²) >= 11 is 0. The molecule has 4 aromatic rings. The highest BCUT2D eigenvalue weighted by Gasteiger charge is 2.47. The van der Waals surface area contributed by atoms with Crippen LogP contribution in [0.5, 0.6) is 0 Å². The van der Waals surface area contributed by atoms with Gasteiger partial charge < -0.3 is 9.47 Å². The molecule has 0 aliphatic heterocycles. The molecule has 0 heterocycles. The van der Waals surface area contributed by atoms with Crippen LogP contribution in [0, 0.1) is 13.8 Å². The van der Waals surface area contributed by atoms with E-state index in [2.05, 4.69) is 0 Å². The summed E-state index contributed by atoms with van der Waals surface area (Å²) in [6.07, 6.45) is -6.84. The monoisotopic (exact) mass is 558 g/mol. The zero-order chi connectivity index (χ0) is 29.3. The smallest absolute Gasteiger partial charge is 0.417 e. The molecule has 0 saturated carbocycles. The van der Waals surface area contributed by atoms with Crippen molar-refractivity contribution in [1.29, 1.82) is 0 Å². The first-order chi connectivity index (χ1) is 19.6. The normalized spacial score (nSPS) is 20.1. The zero-order valence-corrected chi connectivity index (χ0v) is 22.8. The highest BCUT2D eigenvalue weighted by atomic mass is 19.4. The molecule has 2 unspecified atom stereocenters. The standard InChI is InChI=1S/C34H29F3O4/c1-20-12-4-6-14-23(20)29-26-17-9-8-16-25(26)22(3)30(31(29)41-32(38)24-15-7-5-13-21(24)2)40-33(39)27-18-10-11-19-28(27)34(35,36)37/h4-19,22,29-31H,1-3H3/t22-,29-,30?,31?/m0/s1. The molecule has 0 amide bonds. The lowest BCUT2D eigenvalue weighted by molar-refractivity contribution is -0.138. The molecule has 4 nitrogen and oxygen atoms in total. The molecule has 0 aromatic heterocycles. The summed E-state index contributed by atoms with van der Waals surface area (Å²) < 4.78 is 53.5. The van der Waals surface area contributed by atoms with E-state index in [9.17, 15) is 22.8 Å². The van der Waals surface area contributed by atoms with E-state index in [-0.39, 0.29) is 0 Å². The van der Waals surface area contributed by atoms with Gasteiger partial charge in [0.05, 0.1) is 22.6 Å². The second-order valence-corrected chi connectivity index (χ2v) is 10.3. The molecule has 210 valence electrons. The minimum atomic E-state index is -4.75. The van der Waals surface area contributed by atoms with E-state index in [4.69, 9.17) is 9.47 Å². The first kappa shape index (κ1) is 28.1. The summed E-state index contributed by atoms with van der Waals surface area (Å²) in [6, 6.07) is 26.8. The number of ether oxygens (including phenoxy) is 2. The van der Waals surface area contributed by atoms with E-state index < -0.39 is 53.3 Å². The lowest BCUT2D eigenvalue weighted by Gasteiger charge is -2.42. The van der Waals surface area contributed by atoms with Gasteiger partial charge in [-0.25, -0.2) is 9.59 Å². The van der Waals surface area contributed by atoms with Crippen molar-refractivity contribution in [2.75, 3.05) is 0 Å². The van der Waals surface area contributed by atoms with Gasteiger partial charge in [-0.15, -0.1) is 0 Å². The van der Waals surface area contributed by atoms with Crippen molar-refractivity contribution in [2.24, 2.45) is 0 Å². The number of hydrogen-bond donors (Lipinski definition) is 0. The van der Waals surface area contributed by atoms with Gasteiger partial charge in [-0.2, -0.15) is 13.2 Å². The average molecular weight is 559 g/mol. The van der Waals surface area contributed by atoms with Crippen LogP contribution in [0.15, 0.2) is 97.1 Å². The van der Waals surface area contributed by atoms with Crippen molar-refractivity contribution in [3.05, 3.63) is 142 Å². The van der Waals surface area contributed by atoms with E-state index in [1.165, 1.54) is 12.1 Å². The fourth-order valence-corrected chi connectivity index (χ4v) is 5.71. The zero-order valence-electron chi connectivity index (χ0n) is 22.8. The SMILES string of the molecule is Cc1ccccc1C(=O)OC1C(OC(=O)c2ccccc2C(F)(F)F)[C@@H](C)c2ccccc2[C@@H]1c1ccccc1C. The molecular formula is C34H29F3O4. The topological polar surface area (TPSA) is 52.6 Å². The van der Waals surface area contributed by atoms with Gasteiger partial charge in [-0.05, 0) is 59.9 Å². The van der Waals surface area contributed by atoms with E-state index in [0.717, 1.165) is 34.4 Å². The number of carbonyl (C=O) groups is 2. The van der Waals surface area contributed by atoms with Crippen LogP contribution in [-0.4, -0.2) is 24.1 Å². The number of alkyl halides is 3.